The maximum absolute atomic E-state index is 11.9. The summed E-state index contributed by atoms with van der Waals surface area (Å²) >= 11 is 0. The maximum Gasteiger partial charge on any atom is 0.234 e. The summed E-state index contributed by atoms with van der Waals surface area (Å²) in [4.78, 5) is 23.6. The Labute approximate surface area is 188 Å². The lowest BCUT2D eigenvalue weighted by Crippen LogP contribution is -2.55. The zero-order chi connectivity index (χ0) is 19.8. The molecule has 0 aromatic carbocycles. The summed E-state index contributed by atoms with van der Waals surface area (Å²) in [5.41, 5.74) is 0. The minimum Gasteiger partial charge on any atom is -0.355 e. The van der Waals surface area contributed by atoms with E-state index in [1.807, 2.05) is 20.9 Å². The number of nitrogens with zero attached hydrogens (tertiary/aromatic N) is 4. The smallest absolute Gasteiger partial charge is 0.234 e. The van der Waals surface area contributed by atoms with Crippen LogP contribution in [-0.2, 0) is 4.79 Å². The SMILES string of the molecule is CN=C(NC[C@H]1CCCN1CC(C)C)N1CCN(CC(=O)NC(C)C)CC1.I. The van der Waals surface area contributed by atoms with Crippen molar-refractivity contribution in [3.63, 3.8) is 0 Å². The van der Waals surface area contributed by atoms with E-state index < -0.39 is 0 Å². The number of carbonyl (C=O) groups is 1. The molecule has 0 spiro atoms. The number of rotatable bonds is 7. The Bertz CT molecular complexity index is 491. The third-order valence-electron chi connectivity index (χ3n) is 5.30. The molecule has 164 valence electrons. The third kappa shape index (κ3) is 8.41. The van der Waals surface area contributed by atoms with Gasteiger partial charge in [0.2, 0.25) is 5.91 Å². The van der Waals surface area contributed by atoms with Crippen LogP contribution in [0.25, 0.3) is 0 Å². The number of amides is 1. The van der Waals surface area contributed by atoms with Crippen LogP contribution in [0.4, 0.5) is 0 Å². The van der Waals surface area contributed by atoms with Crippen molar-refractivity contribution in [2.45, 2.75) is 52.6 Å². The van der Waals surface area contributed by atoms with Crippen LogP contribution in [0.1, 0.15) is 40.5 Å². The first kappa shape index (κ1) is 25.4. The minimum atomic E-state index is 0. The second-order valence-corrected chi connectivity index (χ2v) is 8.60. The molecule has 28 heavy (non-hydrogen) atoms. The topological polar surface area (TPSA) is 63.2 Å². The van der Waals surface area contributed by atoms with Gasteiger partial charge in [0.15, 0.2) is 5.96 Å². The van der Waals surface area contributed by atoms with Crippen molar-refractivity contribution in [3.05, 3.63) is 0 Å². The summed E-state index contributed by atoms with van der Waals surface area (Å²) in [6.45, 7) is 16.1. The highest BCUT2D eigenvalue weighted by atomic mass is 127. The van der Waals surface area contributed by atoms with Crippen LogP contribution in [0.5, 0.6) is 0 Å². The molecule has 0 radical (unpaired) electrons. The van der Waals surface area contributed by atoms with E-state index in [2.05, 4.69) is 44.2 Å². The van der Waals surface area contributed by atoms with Gasteiger partial charge in [-0.3, -0.25) is 19.6 Å². The normalized spacial score (nSPS) is 21.9. The predicted molar refractivity (Wildman–Crippen MR) is 128 cm³/mol. The molecular formula is C20H41IN6O. The van der Waals surface area contributed by atoms with Crippen LogP contribution < -0.4 is 10.6 Å². The largest absolute Gasteiger partial charge is 0.355 e. The highest BCUT2D eigenvalue weighted by Gasteiger charge is 2.26. The van der Waals surface area contributed by atoms with Crippen LogP contribution >= 0.6 is 24.0 Å². The van der Waals surface area contributed by atoms with Gasteiger partial charge in [0, 0.05) is 58.4 Å². The number of halogens is 1. The lowest BCUT2D eigenvalue weighted by atomic mass is 10.1. The minimum absolute atomic E-state index is 0. The Balaban J connectivity index is 0.00000392. The molecule has 1 amide bonds. The van der Waals surface area contributed by atoms with Gasteiger partial charge >= 0.3 is 0 Å². The van der Waals surface area contributed by atoms with E-state index in [-0.39, 0.29) is 35.9 Å². The van der Waals surface area contributed by atoms with E-state index in [1.165, 1.54) is 25.9 Å². The summed E-state index contributed by atoms with van der Waals surface area (Å²) in [6, 6.07) is 0.817. The van der Waals surface area contributed by atoms with Gasteiger partial charge in [-0.2, -0.15) is 0 Å². The van der Waals surface area contributed by atoms with Crippen LogP contribution in [0.2, 0.25) is 0 Å². The first-order valence-corrected chi connectivity index (χ1v) is 10.6. The van der Waals surface area contributed by atoms with Crippen molar-refractivity contribution in [1.29, 1.82) is 0 Å². The van der Waals surface area contributed by atoms with Crippen molar-refractivity contribution in [2.24, 2.45) is 10.9 Å². The molecule has 1 atom stereocenters. The number of nitrogens with one attached hydrogen (secondary N) is 2. The molecule has 0 aromatic rings. The zero-order valence-corrected chi connectivity index (χ0v) is 20.7. The Morgan fingerprint density at radius 2 is 1.79 bits per heavy atom. The van der Waals surface area contributed by atoms with Gasteiger partial charge in [0.05, 0.1) is 6.54 Å². The Morgan fingerprint density at radius 3 is 2.36 bits per heavy atom. The van der Waals surface area contributed by atoms with Crippen molar-refractivity contribution >= 4 is 35.8 Å². The number of hydrogen-bond acceptors (Lipinski definition) is 4. The molecule has 2 heterocycles. The fourth-order valence-electron chi connectivity index (χ4n) is 4.07. The number of piperazine rings is 1. The molecule has 0 aromatic heterocycles. The molecule has 0 aliphatic carbocycles. The van der Waals surface area contributed by atoms with E-state index in [4.69, 9.17) is 0 Å². The van der Waals surface area contributed by atoms with Gasteiger partial charge in [0.25, 0.3) is 0 Å². The van der Waals surface area contributed by atoms with Crippen LogP contribution in [0.3, 0.4) is 0 Å². The average Bonchev–Trinajstić information content (AvgIpc) is 3.02. The number of guanidine groups is 1. The van der Waals surface area contributed by atoms with E-state index in [1.54, 1.807) is 0 Å². The van der Waals surface area contributed by atoms with Crippen LogP contribution in [0.15, 0.2) is 4.99 Å². The zero-order valence-electron chi connectivity index (χ0n) is 18.4. The van der Waals surface area contributed by atoms with E-state index in [0.29, 0.717) is 18.5 Å². The Kier molecular flexibility index (Phi) is 11.7. The summed E-state index contributed by atoms with van der Waals surface area (Å²) in [6.07, 6.45) is 2.57. The predicted octanol–water partition coefficient (Wildman–Crippen LogP) is 1.44. The van der Waals surface area contributed by atoms with Crippen molar-refractivity contribution in [2.75, 3.05) is 59.4 Å². The standard InChI is InChI=1S/C20H40N6O.HI/c1-16(2)14-26-8-6-7-18(26)13-22-20(21-5)25-11-9-24(10-12-25)15-19(27)23-17(3)4;/h16-18H,6-15H2,1-5H3,(H,21,22)(H,23,27);1H/t18-;/m1./s1. The van der Waals surface area contributed by atoms with Gasteiger partial charge in [-0.1, -0.05) is 13.8 Å². The summed E-state index contributed by atoms with van der Waals surface area (Å²) in [5.74, 6) is 1.83. The highest BCUT2D eigenvalue weighted by molar-refractivity contribution is 14.0. The number of aliphatic imine (C=N–C) groups is 1. The fraction of sp³-hybridized carbons (Fsp3) is 0.900. The van der Waals surface area contributed by atoms with Crippen molar-refractivity contribution in [3.8, 4) is 0 Å². The monoisotopic (exact) mass is 508 g/mol. The third-order valence-corrected chi connectivity index (χ3v) is 5.30. The van der Waals surface area contributed by atoms with E-state index in [0.717, 1.165) is 38.7 Å². The fourth-order valence-corrected chi connectivity index (χ4v) is 4.07. The second kappa shape index (κ2) is 12.8. The second-order valence-electron chi connectivity index (χ2n) is 8.60. The molecule has 2 fully saturated rings. The number of hydrogen-bond donors (Lipinski definition) is 2. The molecule has 7 nitrogen and oxygen atoms in total. The molecular weight excluding hydrogens is 467 g/mol. The molecule has 0 bridgehead atoms. The number of likely N-dealkylation sites (tertiary alicyclic amines) is 1. The number of carbonyl (C=O) groups excluding carboxylic acids is 1. The molecule has 0 unspecified atom stereocenters. The molecule has 2 N–H and O–H groups in total. The lowest BCUT2D eigenvalue weighted by Gasteiger charge is -2.37. The van der Waals surface area contributed by atoms with Gasteiger partial charge in [-0.05, 0) is 39.2 Å². The van der Waals surface area contributed by atoms with Gasteiger partial charge in [0.1, 0.15) is 0 Å². The van der Waals surface area contributed by atoms with E-state index >= 15 is 0 Å². The van der Waals surface area contributed by atoms with Crippen molar-refractivity contribution < 1.29 is 4.79 Å². The summed E-state index contributed by atoms with van der Waals surface area (Å²) < 4.78 is 0. The molecule has 0 saturated carbocycles. The van der Waals surface area contributed by atoms with Gasteiger partial charge < -0.3 is 15.5 Å². The molecule has 2 saturated heterocycles. The average molecular weight is 508 g/mol. The summed E-state index contributed by atoms with van der Waals surface area (Å²) in [5, 5.41) is 6.57. The first-order valence-electron chi connectivity index (χ1n) is 10.6. The van der Waals surface area contributed by atoms with Crippen LogP contribution in [0, 0.1) is 5.92 Å². The lowest BCUT2D eigenvalue weighted by molar-refractivity contribution is -0.123. The van der Waals surface area contributed by atoms with Crippen LogP contribution in [-0.4, -0.2) is 98.1 Å². The first-order chi connectivity index (χ1) is 12.9. The Hall–Kier alpha value is -0.610. The maximum atomic E-state index is 11.9. The van der Waals surface area contributed by atoms with Gasteiger partial charge in [-0.15, -0.1) is 24.0 Å². The molecule has 2 rings (SSSR count). The quantitative estimate of drug-likeness (QED) is 0.310. The van der Waals surface area contributed by atoms with Crippen molar-refractivity contribution in [1.82, 2.24) is 25.3 Å². The van der Waals surface area contributed by atoms with E-state index in [9.17, 15) is 4.79 Å². The highest BCUT2D eigenvalue weighted by Crippen LogP contribution is 2.18. The molecule has 2 aliphatic rings. The van der Waals surface area contributed by atoms with Gasteiger partial charge in [-0.25, -0.2) is 0 Å². The molecule has 2 aliphatic heterocycles. The Morgan fingerprint density at radius 1 is 1.11 bits per heavy atom. The summed E-state index contributed by atoms with van der Waals surface area (Å²) in [7, 11) is 1.87. The molecule has 8 heteroatoms.